The second-order valence-corrected chi connectivity index (χ2v) is 4.26. The number of anilines is 1. The molecule has 0 aliphatic heterocycles. The van der Waals surface area contributed by atoms with Crippen LogP contribution in [0.5, 0.6) is 0 Å². The summed E-state index contributed by atoms with van der Waals surface area (Å²) in [4.78, 5) is 22.6. The van der Waals surface area contributed by atoms with E-state index in [0.717, 1.165) is 19.3 Å². The summed E-state index contributed by atoms with van der Waals surface area (Å²) in [6.07, 6.45) is 3.21. The fraction of sp³-hybridized carbons (Fsp3) is 0.385. The van der Waals surface area contributed by atoms with Crippen molar-refractivity contribution in [3.63, 3.8) is 0 Å². The third-order valence-corrected chi connectivity index (χ3v) is 2.92. The molecule has 16 heavy (non-hydrogen) atoms. The van der Waals surface area contributed by atoms with E-state index < -0.39 is 0 Å². The van der Waals surface area contributed by atoms with Crippen molar-refractivity contribution in [2.75, 3.05) is 5.32 Å². The van der Waals surface area contributed by atoms with Gasteiger partial charge in [-0.2, -0.15) is 0 Å². The minimum atomic E-state index is -0.138. The molecule has 0 bridgehead atoms. The van der Waals surface area contributed by atoms with Crippen molar-refractivity contribution in [2.24, 2.45) is 0 Å². The van der Waals surface area contributed by atoms with Crippen LogP contribution >= 0.6 is 0 Å². The number of rotatable bonds is 2. The molecule has 0 radical (unpaired) electrons. The second-order valence-electron chi connectivity index (χ2n) is 4.26. The minimum Gasteiger partial charge on any atom is -0.326 e. The van der Waals surface area contributed by atoms with Crippen molar-refractivity contribution >= 4 is 17.4 Å². The summed E-state index contributed by atoms with van der Waals surface area (Å²) in [5.41, 5.74) is 3.78. The molecule has 84 valence electrons. The standard InChI is InChI=1S/C13H15NO2/c1-8(15)12-6-10-4-3-5-11(10)7-13(12)14-9(2)16/h6-7H,3-5H2,1-2H3,(H,14,16). The highest BCUT2D eigenvalue weighted by Gasteiger charge is 2.17. The van der Waals surface area contributed by atoms with Crippen LogP contribution in [0.4, 0.5) is 5.69 Å². The molecule has 0 unspecified atom stereocenters. The Labute approximate surface area is 94.9 Å². The second kappa shape index (κ2) is 4.08. The molecule has 3 nitrogen and oxygen atoms in total. The molecule has 1 amide bonds. The van der Waals surface area contributed by atoms with Gasteiger partial charge in [-0.15, -0.1) is 0 Å². The number of hydrogen-bond donors (Lipinski definition) is 1. The Balaban J connectivity index is 2.48. The molecular formula is C13H15NO2. The van der Waals surface area contributed by atoms with Crippen molar-refractivity contribution in [1.29, 1.82) is 0 Å². The lowest BCUT2D eigenvalue weighted by molar-refractivity contribution is -0.114. The number of carbonyl (C=O) groups excluding carboxylic acids is 2. The lowest BCUT2D eigenvalue weighted by atomic mass is 10.0. The number of Topliss-reactive ketones (excluding diaryl/α,β-unsaturated/α-hetero) is 1. The summed E-state index contributed by atoms with van der Waals surface area (Å²) in [6, 6.07) is 3.87. The third kappa shape index (κ3) is 1.98. The van der Waals surface area contributed by atoms with Gasteiger partial charge in [0.15, 0.2) is 5.78 Å². The maximum Gasteiger partial charge on any atom is 0.221 e. The molecule has 1 aromatic rings. The zero-order chi connectivity index (χ0) is 11.7. The maximum atomic E-state index is 11.5. The highest BCUT2D eigenvalue weighted by atomic mass is 16.1. The van der Waals surface area contributed by atoms with E-state index >= 15 is 0 Å². The molecule has 1 aliphatic rings. The first kappa shape index (κ1) is 10.9. The molecular weight excluding hydrogens is 202 g/mol. The van der Waals surface area contributed by atoms with Crippen LogP contribution in [-0.4, -0.2) is 11.7 Å². The van der Waals surface area contributed by atoms with Crippen LogP contribution < -0.4 is 5.32 Å². The quantitative estimate of drug-likeness (QED) is 0.773. The van der Waals surface area contributed by atoms with Crippen molar-refractivity contribution in [2.45, 2.75) is 33.1 Å². The molecule has 0 heterocycles. The van der Waals surface area contributed by atoms with E-state index in [2.05, 4.69) is 5.32 Å². The Bertz CT molecular complexity index is 463. The first-order valence-corrected chi connectivity index (χ1v) is 5.52. The van der Waals surface area contributed by atoms with E-state index in [9.17, 15) is 9.59 Å². The van der Waals surface area contributed by atoms with E-state index in [1.165, 1.54) is 25.0 Å². The number of benzene rings is 1. The normalized spacial score (nSPS) is 13.4. The molecule has 0 fully saturated rings. The number of ketones is 1. The van der Waals surface area contributed by atoms with E-state index in [0.29, 0.717) is 11.3 Å². The molecule has 0 aromatic heterocycles. The van der Waals surface area contributed by atoms with E-state index in [1.54, 1.807) is 0 Å². The summed E-state index contributed by atoms with van der Waals surface area (Å²) >= 11 is 0. The summed E-state index contributed by atoms with van der Waals surface area (Å²) < 4.78 is 0. The maximum absolute atomic E-state index is 11.5. The molecule has 1 aromatic carbocycles. The molecule has 0 saturated carbocycles. The van der Waals surface area contributed by atoms with Gasteiger partial charge in [0.05, 0.1) is 5.69 Å². The fourth-order valence-corrected chi connectivity index (χ4v) is 2.21. The lowest BCUT2D eigenvalue weighted by Gasteiger charge is -2.10. The summed E-state index contributed by atoms with van der Waals surface area (Å²) in [7, 11) is 0. The smallest absolute Gasteiger partial charge is 0.221 e. The van der Waals surface area contributed by atoms with E-state index in [4.69, 9.17) is 0 Å². The lowest BCUT2D eigenvalue weighted by Crippen LogP contribution is -2.10. The van der Waals surface area contributed by atoms with Gasteiger partial charge in [-0.1, -0.05) is 0 Å². The molecule has 1 aliphatic carbocycles. The van der Waals surface area contributed by atoms with Crippen molar-refractivity contribution in [3.8, 4) is 0 Å². The Morgan fingerprint density at radius 2 is 1.75 bits per heavy atom. The first-order valence-electron chi connectivity index (χ1n) is 5.52. The van der Waals surface area contributed by atoms with Gasteiger partial charge in [-0.25, -0.2) is 0 Å². The Kier molecular flexibility index (Phi) is 2.77. The molecule has 3 heteroatoms. The van der Waals surface area contributed by atoms with Gasteiger partial charge >= 0.3 is 0 Å². The number of amides is 1. The van der Waals surface area contributed by atoms with E-state index in [-0.39, 0.29) is 11.7 Å². The van der Waals surface area contributed by atoms with E-state index in [1.807, 2.05) is 12.1 Å². The van der Waals surface area contributed by atoms with Gasteiger partial charge < -0.3 is 5.32 Å². The summed E-state index contributed by atoms with van der Waals surface area (Å²) in [5, 5.41) is 2.72. The van der Waals surface area contributed by atoms with Crippen LogP contribution in [0.1, 0.15) is 41.8 Å². The number of hydrogen-bond acceptors (Lipinski definition) is 2. The minimum absolute atomic E-state index is 0.00144. The molecule has 2 rings (SSSR count). The third-order valence-electron chi connectivity index (χ3n) is 2.92. The molecule has 0 atom stereocenters. The molecule has 0 saturated heterocycles. The topological polar surface area (TPSA) is 46.2 Å². The van der Waals surface area contributed by atoms with Gasteiger partial charge in [0.1, 0.15) is 0 Å². The van der Waals surface area contributed by atoms with Crippen LogP contribution in [0.2, 0.25) is 0 Å². The predicted octanol–water partition coefficient (Wildman–Crippen LogP) is 2.34. The number of carbonyl (C=O) groups is 2. The Hall–Kier alpha value is -1.64. The fourth-order valence-electron chi connectivity index (χ4n) is 2.21. The number of fused-ring (bicyclic) bond motifs is 1. The van der Waals surface area contributed by atoms with Crippen LogP contribution in [0.25, 0.3) is 0 Å². The Morgan fingerprint density at radius 1 is 1.12 bits per heavy atom. The largest absolute Gasteiger partial charge is 0.326 e. The Morgan fingerprint density at radius 3 is 2.31 bits per heavy atom. The molecule has 0 spiro atoms. The number of nitrogens with one attached hydrogen (secondary N) is 1. The highest BCUT2D eigenvalue weighted by molar-refractivity contribution is 6.03. The highest BCUT2D eigenvalue weighted by Crippen LogP contribution is 2.28. The van der Waals surface area contributed by atoms with Gasteiger partial charge in [0.25, 0.3) is 0 Å². The monoisotopic (exact) mass is 217 g/mol. The van der Waals surface area contributed by atoms with Gasteiger partial charge in [-0.3, -0.25) is 9.59 Å². The van der Waals surface area contributed by atoms with Crippen LogP contribution in [0.15, 0.2) is 12.1 Å². The van der Waals surface area contributed by atoms with Gasteiger partial charge in [0, 0.05) is 12.5 Å². The van der Waals surface area contributed by atoms with Crippen LogP contribution in [-0.2, 0) is 17.6 Å². The zero-order valence-corrected chi connectivity index (χ0v) is 9.59. The SMILES string of the molecule is CC(=O)Nc1cc2c(cc1C(C)=O)CCC2. The number of aryl methyl sites for hydroxylation is 2. The van der Waals surface area contributed by atoms with Gasteiger partial charge in [0.2, 0.25) is 5.91 Å². The first-order chi connectivity index (χ1) is 7.58. The van der Waals surface area contributed by atoms with Crippen LogP contribution in [0, 0.1) is 0 Å². The molecule has 1 N–H and O–H groups in total. The van der Waals surface area contributed by atoms with Crippen molar-refractivity contribution in [3.05, 3.63) is 28.8 Å². The zero-order valence-electron chi connectivity index (χ0n) is 9.59. The van der Waals surface area contributed by atoms with Gasteiger partial charge in [-0.05, 0) is 49.4 Å². The predicted molar refractivity (Wildman–Crippen MR) is 62.8 cm³/mol. The summed E-state index contributed by atoms with van der Waals surface area (Å²) in [5.74, 6) is -0.140. The average molecular weight is 217 g/mol. The van der Waals surface area contributed by atoms with Crippen molar-refractivity contribution in [1.82, 2.24) is 0 Å². The van der Waals surface area contributed by atoms with Crippen molar-refractivity contribution < 1.29 is 9.59 Å². The average Bonchev–Trinajstić information content (AvgIpc) is 2.62. The summed E-state index contributed by atoms with van der Waals surface area (Å²) in [6.45, 7) is 2.99. The van der Waals surface area contributed by atoms with Crippen LogP contribution in [0.3, 0.4) is 0 Å².